The first-order valence-electron chi connectivity index (χ1n) is 3.74. The van der Waals surface area contributed by atoms with Gasteiger partial charge in [0.2, 0.25) is 0 Å². The highest BCUT2D eigenvalue weighted by Gasteiger charge is 2.12. The van der Waals surface area contributed by atoms with E-state index in [2.05, 4.69) is 0 Å². The maximum absolute atomic E-state index is 10.7. The summed E-state index contributed by atoms with van der Waals surface area (Å²) in [6.45, 7) is 0. The molecule has 0 saturated heterocycles. The van der Waals surface area contributed by atoms with E-state index in [9.17, 15) is 9.90 Å². The van der Waals surface area contributed by atoms with Gasteiger partial charge in [-0.1, -0.05) is 0 Å². The topological polar surface area (TPSA) is 57.5 Å². The van der Waals surface area contributed by atoms with E-state index >= 15 is 0 Å². The lowest BCUT2D eigenvalue weighted by atomic mass is 10.2. The van der Waals surface area contributed by atoms with Crippen LogP contribution in [0.15, 0.2) is 18.2 Å². The fraction of sp³-hybridized carbons (Fsp3) is 0. The number of aromatic carboxylic acids is 1. The quantitative estimate of drug-likeness (QED) is 0.795. The van der Waals surface area contributed by atoms with Gasteiger partial charge in [-0.25, -0.2) is 4.79 Å². The number of halogens is 1. The molecule has 0 radical (unpaired) electrons. The minimum atomic E-state index is -0.958. The van der Waals surface area contributed by atoms with Gasteiger partial charge in [0.25, 0.3) is 0 Å². The summed E-state index contributed by atoms with van der Waals surface area (Å²) in [6, 6.07) is 5.08. The third-order valence-corrected chi connectivity index (χ3v) is 3.79. The van der Waals surface area contributed by atoms with Crippen molar-refractivity contribution >= 4 is 50.0 Å². The van der Waals surface area contributed by atoms with Crippen LogP contribution in [0.4, 0.5) is 0 Å². The zero-order valence-electron chi connectivity index (χ0n) is 6.82. The molecule has 0 bridgehead atoms. The van der Waals surface area contributed by atoms with Crippen molar-refractivity contribution in [2.24, 2.45) is 0 Å². The molecule has 1 aromatic carbocycles. The summed E-state index contributed by atoms with van der Waals surface area (Å²) in [5, 5.41) is 19.0. The van der Waals surface area contributed by atoms with Gasteiger partial charge in [-0.3, -0.25) is 0 Å². The van der Waals surface area contributed by atoms with Gasteiger partial charge in [0.05, 0.1) is 3.57 Å². The highest BCUT2D eigenvalue weighted by Crippen LogP contribution is 2.35. The van der Waals surface area contributed by atoms with Crippen LogP contribution >= 0.6 is 33.9 Å². The number of thiophene rings is 1. The van der Waals surface area contributed by atoms with Gasteiger partial charge in [0.15, 0.2) is 0 Å². The molecule has 2 aromatic rings. The summed E-state index contributed by atoms with van der Waals surface area (Å²) in [4.78, 5) is 10.9. The fourth-order valence-electron chi connectivity index (χ4n) is 1.18. The summed E-state index contributed by atoms with van der Waals surface area (Å²) in [6.07, 6.45) is 0. The number of carbonyl (C=O) groups is 1. The number of aromatic hydroxyl groups is 1. The van der Waals surface area contributed by atoms with Crippen molar-refractivity contribution in [3.63, 3.8) is 0 Å². The zero-order chi connectivity index (χ0) is 10.3. The van der Waals surface area contributed by atoms with Crippen LogP contribution < -0.4 is 0 Å². The van der Waals surface area contributed by atoms with Gasteiger partial charge in [-0.2, -0.15) is 0 Å². The molecule has 0 aliphatic rings. The standard InChI is InChI=1S/C9H5IO3S/c10-5-1-2-6-4(8(5)11)3-7(14-6)9(12)13/h1-3,11H,(H,12,13). The van der Waals surface area contributed by atoms with E-state index in [-0.39, 0.29) is 10.6 Å². The lowest BCUT2D eigenvalue weighted by molar-refractivity contribution is 0.0702. The van der Waals surface area contributed by atoms with Crippen molar-refractivity contribution in [3.8, 4) is 5.75 Å². The van der Waals surface area contributed by atoms with Crippen LogP contribution in [-0.2, 0) is 0 Å². The number of carboxylic acid groups (broad SMARTS) is 1. The smallest absolute Gasteiger partial charge is 0.345 e. The van der Waals surface area contributed by atoms with Gasteiger partial charge in [-0.05, 0) is 40.8 Å². The average molecular weight is 320 g/mol. The molecule has 72 valence electrons. The summed E-state index contributed by atoms with van der Waals surface area (Å²) < 4.78 is 1.52. The largest absolute Gasteiger partial charge is 0.506 e. The Morgan fingerprint density at radius 3 is 2.79 bits per heavy atom. The molecule has 0 fully saturated rings. The SMILES string of the molecule is O=C(O)c1cc2c(O)c(I)ccc2s1. The summed E-state index contributed by atoms with van der Waals surface area (Å²) in [5.41, 5.74) is 0. The molecule has 0 aliphatic heterocycles. The summed E-state index contributed by atoms with van der Waals surface area (Å²) in [7, 11) is 0. The first kappa shape index (κ1) is 9.72. The van der Waals surface area contributed by atoms with Gasteiger partial charge in [0, 0.05) is 10.1 Å². The van der Waals surface area contributed by atoms with Crippen LogP contribution in [0.5, 0.6) is 5.75 Å². The Hall–Kier alpha value is -0.820. The predicted molar refractivity (Wildman–Crippen MR) is 63.2 cm³/mol. The minimum Gasteiger partial charge on any atom is -0.506 e. The molecule has 0 amide bonds. The molecule has 3 nitrogen and oxygen atoms in total. The Bertz CT molecular complexity index is 518. The molecule has 0 aliphatic carbocycles. The maximum atomic E-state index is 10.7. The predicted octanol–water partition coefficient (Wildman–Crippen LogP) is 2.91. The molecule has 0 atom stereocenters. The summed E-state index contributed by atoms with van der Waals surface area (Å²) >= 11 is 3.17. The average Bonchev–Trinajstić information content (AvgIpc) is 2.56. The van der Waals surface area contributed by atoms with E-state index in [1.165, 1.54) is 17.4 Å². The monoisotopic (exact) mass is 320 g/mol. The molecule has 1 heterocycles. The second-order valence-electron chi connectivity index (χ2n) is 2.72. The number of hydrogen-bond donors (Lipinski definition) is 2. The minimum absolute atomic E-state index is 0.159. The van der Waals surface area contributed by atoms with Crippen molar-refractivity contribution < 1.29 is 15.0 Å². The number of fused-ring (bicyclic) bond motifs is 1. The van der Waals surface area contributed by atoms with E-state index < -0.39 is 5.97 Å². The molecule has 2 rings (SSSR count). The highest BCUT2D eigenvalue weighted by molar-refractivity contribution is 14.1. The molecule has 0 spiro atoms. The van der Waals surface area contributed by atoms with Crippen molar-refractivity contribution in [1.29, 1.82) is 0 Å². The molecule has 0 unspecified atom stereocenters. The van der Waals surface area contributed by atoms with Gasteiger partial charge in [0.1, 0.15) is 10.6 Å². The van der Waals surface area contributed by atoms with Crippen molar-refractivity contribution in [2.75, 3.05) is 0 Å². The van der Waals surface area contributed by atoms with E-state index in [0.29, 0.717) is 5.39 Å². The third kappa shape index (κ3) is 1.46. The molecular weight excluding hydrogens is 315 g/mol. The van der Waals surface area contributed by atoms with Crippen molar-refractivity contribution in [2.45, 2.75) is 0 Å². The van der Waals surface area contributed by atoms with E-state index in [1.54, 1.807) is 6.07 Å². The lowest BCUT2D eigenvalue weighted by Gasteiger charge is -1.96. The van der Waals surface area contributed by atoms with Gasteiger partial charge < -0.3 is 10.2 Å². The number of rotatable bonds is 1. The fourth-order valence-corrected chi connectivity index (χ4v) is 2.55. The molecular formula is C9H5IO3S. The van der Waals surface area contributed by atoms with E-state index in [4.69, 9.17) is 5.11 Å². The van der Waals surface area contributed by atoms with Crippen LogP contribution in [0.25, 0.3) is 10.1 Å². The summed E-state index contributed by atoms with van der Waals surface area (Å²) in [5.74, 6) is -0.799. The molecule has 2 N–H and O–H groups in total. The molecule has 0 saturated carbocycles. The van der Waals surface area contributed by atoms with E-state index in [0.717, 1.165) is 8.27 Å². The number of hydrogen-bond acceptors (Lipinski definition) is 3. The third-order valence-electron chi connectivity index (χ3n) is 1.83. The Morgan fingerprint density at radius 1 is 1.43 bits per heavy atom. The molecule has 1 aromatic heterocycles. The van der Waals surface area contributed by atoms with Gasteiger partial charge in [-0.15, -0.1) is 11.3 Å². The Labute approximate surface area is 97.1 Å². The second-order valence-corrected chi connectivity index (χ2v) is 4.97. The Kier molecular flexibility index (Phi) is 2.36. The molecule has 14 heavy (non-hydrogen) atoms. The number of benzene rings is 1. The Balaban J connectivity index is 2.77. The van der Waals surface area contributed by atoms with Crippen LogP contribution in [-0.4, -0.2) is 16.2 Å². The van der Waals surface area contributed by atoms with Crippen molar-refractivity contribution in [3.05, 3.63) is 26.6 Å². The number of carboxylic acids is 1. The van der Waals surface area contributed by atoms with Crippen molar-refractivity contribution in [1.82, 2.24) is 0 Å². The molecule has 5 heteroatoms. The van der Waals surface area contributed by atoms with E-state index in [1.807, 2.05) is 28.7 Å². The van der Waals surface area contributed by atoms with Crippen LogP contribution in [0.2, 0.25) is 0 Å². The normalized spacial score (nSPS) is 10.6. The lowest BCUT2D eigenvalue weighted by Crippen LogP contribution is -1.89. The number of phenolic OH excluding ortho intramolecular Hbond substituents is 1. The second kappa shape index (κ2) is 3.39. The first-order valence-corrected chi connectivity index (χ1v) is 5.63. The van der Waals surface area contributed by atoms with Crippen LogP contribution in [0.1, 0.15) is 9.67 Å². The highest BCUT2D eigenvalue weighted by atomic mass is 127. The van der Waals surface area contributed by atoms with Crippen LogP contribution in [0, 0.1) is 3.57 Å². The Morgan fingerprint density at radius 2 is 2.14 bits per heavy atom. The maximum Gasteiger partial charge on any atom is 0.345 e. The number of phenols is 1. The zero-order valence-corrected chi connectivity index (χ0v) is 9.79. The van der Waals surface area contributed by atoms with Gasteiger partial charge >= 0.3 is 5.97 Å². The van der Waals surface area contributed by atoms with Crippen LogP contribution in [0.3, 0.4) is 0 Å². The first-order chi connectivity index (χ1) is 6.59.